The van der Waals surface area contributed by atoms with Crippen LogP contribution in [0.1, 0.15) is 27.3 Å². The standard InChI is InChI=1S/C21H23N5O3/c1-14-20(26(28)29)19(24-23-14)21(27)22-12-17-6-4-5-7-18(17)16-10-8-15(9-11-16)13-25(2)3/h4-11H,12-13H2,1-3H3,(H,22,27)(H,23,24). The molecule has 8 nitrogen and oxygen atoms in total. The summed E-state index contributed by atoms with van der Waals surface area (Å²) < 4.78 is 0. The number of H-pyrrole nitrogens is 1. The van der Waals surface area contributed by atoms with E-state index in [1.807, 2.05) is 38.4 Å². The number of carbonyl (C=O) groups is 1. The number of aryl methyl sites for hydroxylation is 1. The van der Waals surface area contributed by atoms with E-state index in [9.17, 15) is 14.9 Å². The second-order valence-electron chi connectivity index (χ2n) is 7.08. The van der Waals surface area contributed by atoms with E-state index in [0.717, 1.165) is 23.2 Å². The molecule has 2 N–H and O–H groups in total. The maximum Gasteiger partial charge on any atom is 0.322 e. The van der Waals surface area contributed by atoms with Crippen LogP contribution in [0.15, 0.2) is 48.5 Å². The molecule has 150 valence electrons. The third kappa shape index (κ3) is 4.67. The van der Waals surface area contributed by atoms with Crippen molar-refractivity contribution in [1.82, 2.24) is 20.4 Å². The number of benzene rings is 2. The molecule has 1 aromatic heterocycles. The normalized spacial score (nSPS) is 10.9. The Morgan fingerprint density at radius 3 is 2.52 bits per heavy atom. The van der Waals surface area contributed by atoms with E-state index in [-0.39, 0.29) is 23.6 Å². The zero-order valence-electron chi connectivity index (χ0n) is 16.6. The minimum Gasteiger partial charge on any atom is -0.346 e. The van der Waals surface area contributed by atoms with Gasteiger partial charge in [0.05, 0.1) is 4.92 Å². The monoisotopic (exact) mass is 393 g/mol. The number of hydrogen-bond donors (Lipinski definition) is 2. The average molecular weight is 393 g/mol. The van der Waals surface area contributed by atoms with Gasteiger partial charge in [-0.1, -0.05) is 48.5 Å². The molecule has 0 saturated heterocycles. The van der Waals surface area contributed by atoms with Gasteiger partial charge in [0, 0.05) is 13.1 Å². The number of aromatic amines is 1. The molecule has 0 aliphatic heterocycles. The Balaban J connectivity index is 1.78. The molecule has 0 fully saturated rings. The van der Waals surface area contributed by atoms with Crippen molar-refractivity contribution in [2.75, 3.05) is 14.1 Å². The van der Waals surface area contributed by atoms with Crippen molar-refractivity contribution in [3.63, 3.8) is 0 Å². The Labute approximate surface area is 168 Å². The highest BCUT2D eigenvalue weighted by molar-refractivity contribution is 5.96. The van der Waals surface area contributed by atoms with Crippen molar-refractivity contribution in [1.29, 1.82) is 0 Å². The third-order valence-corrected chi connectivity index (χ3v) is 4.53. The highest BCUT2D eigenvalue weighted by Gasteiger charge is 2.26. The van der Waals surface area contributed by atoms with Gasteiger partial charge in [0.2, 0.25) is 5.69 Å². The van der Waals surface area contributed by atoms with Crippen molar-refractivity contribution < 1.29 is 9.72 Å². The van der Waals surface area contributed by atoms with E-state index in [4.69, 9.17) is 0 Å². The molecule has 1 heterocycles. The van der Waals surface area contributed by atoms with Gasteiger partial charge in [-0.25, -0.2) is 0 Å². The second-order valence-corrected chi connectivity index (χ2v) is 7.08. The summed E-state index contributed by atoms with van der Waals surface area (Å²) in [5.41, 5.74) is 3.90. The molecule has 0 saturated carbocycles. The summed E-state index contributed by atoms with van der Waals surface area (Å²) >= 11 is 0. The number of carbonyl (C=O) groups excluding carboxylic acids is 1. The molecule has 29 heavy (non-hydrogen) atoms. The number of aromatic nitrogens is 2. The van der Waals surface area contributed by atoms with E-state index in [1.54, 1.807) is 0 Å². The lowest BCUT2D eigenvalue weighted by Crippen LogP contribution is -2.24. The molecule has 2 aromatic carbocycles. The van der Waals surface area contributed by atoms with Crippen molar-refractivity contribution in [2.24, 2.45) is 0 Å². The summed E-state index contributed by atoms with van der Waals surface area (Å²) in [5.74, 6) is -0.586. The molecule has 3 aromatic rings. The SMILES string of the molecule is Cc1[nH]nc(C(=O)NCc2ccccc2-c2ccc(CN(C)C)cc2)c1[N+](=O)[O-]. The van der Waals surface area contributed by atoms with Gasteiger partial charge in [-0.3, -0.25) is 20.0 Å². The molecule has 0 unspecified atom stereocenters. The van der Waals surface area contributed by atoms with Crippen LogP contribution in [0.5, 0.6) is 0 Å². The van der Waals surface area contributed by atoms with Gasteiger partial charge in [0.25, 0.3) is 5.91 Å². The van der Waals surface area contributed by atoms with Gasteiger partial charge in [0.15, 0.2) is 0 Å². The van der Waals surface area contributed by atoms with E-state index in [0.29, 0.717) is 0 Å². The van der Waals surface area contributed by atoms with Crippen LogP contribution < -0.4 is 5.32 Å². The maximum atomic E-state index is 12.4. The van der Waals surface area contributed by atoms with E-state index in [2.05, 4.69) is 44.7 Å². The van der Waals surface area contributed by atoms with Crippen LogP contribution >= 0.6 is 0 Å². The first-order chi connectivity index (χ1) is 13.9. The molecule has 3 rings (SSSR count). The predicted molar refractivity (Wildman–Crippen MR) is 110 cm³/mol. The zero-order chi connectivity index (χ0) is 21.0. The lowest BCUT2D eigenvalue weighted by atomic mass is 9.98. The van der Waals surface area contributed by atoms with Crippen LogP contribution in [0.3, 0.4) is 0 Å². The largest absolute Gasteiger partial charge is 0.346 e. The van der Waals surface area contributed by atoms with Crippen LogP contribution in [0, 0.1) is 17.0 Å². The van der Waals surface area contributed by atoms with Gasteiger partial charge in [-0.05, 0) is 43.3 Å². The summed E-state index contributed by atoms with van der Waals surface area (Å²) in [6, 6.07) is 16.0. The number of hydrogen-bond acceptors (Lipinski definition) is 5. The quantitative estimate of drug-likeness (QED) is 0.473. The Morgan fingerprint density at radius 1 is 1.17 bits per heavy atom. The molecule has 0 spiro atoms. The minimum absolute atomic E-state index is 0.210. The smallest absolute Gasteiger partial charge is 0.322 e. The molecule has 0 atom stereocenters. The molecule has 8 heteroatoms. The highest BCUT2D eigenvalue weighted by atomic mass is 16.6. The number of nitrogens with zero attached hydrogens (tertiary/aromatic N) is 3. The maximum absolute atomic E-state index is 12.4. The number of rotatable bonds is 7. The number of nitro groups is 1. The second kappa shape index (κ2) is 8.66. The van der Waals surface area contributed by atoms with Gasteiger partial charge in [-0.2, -0.15) is 5.10 Å². The molecule has 0 radical (unpaired) electrons. The predicted octanol–water partition coefficient (Wildman–Crippen LogP) is 3.28. The molecule has 0 aliphatic rings. The molecule has 1 amide bonds. The first kappa shape index (κ1) is 20.2. The molecular weight excluding hydrogens is 370 g/mol. The van der Waals surface area contributed by atoms with Crippen molar-refractivity contribution >= 4 is 11.6 Å². The fraction of sp³-hybridized carbons (Fsp3) is 0.238. The van der Waals surface area contributed by atoms with Gasteiger partial charge in [-0.15, -0.1) is 0 Å². The summed E-state index contributed by atoms with van der Waals surface area (Å²) in [5, 5.41) is 20.2. The minimum atomic E-state index is -0.600. The van der Waals surface area contributed by atoms with Gasteiger partial charge >= 0.3 is 5.69 Å². The summed E-state index contributed by atoms with van der Waals surface area (Å²) in [7, 11) is 4.05. The highest BCUT2D eigenvalue weighted by Crippen LogP contribution is 2.25. The third-order valence-electron chi connectivity index (χ3n) is 4.53. The van der Waals surface area contributed by atoms with E-state index in [1.165, 1.54) is 12.5 Å². The van der Waals surface area contributed by atoms with Crippen LogP contribution in [0.25, 0.3) is 11.1 Å². The summed E-state index contributed by atoms with van der Waals surface area (Å²) in [6.45, 7) is 2.61. The zero-order valence-corrected chi connectivity index (χ0v) is 16.6. The van der Waals surface area contributed by atoms with Gasteiger partial charge < -0.3 is 10.2 Å². The Kier molecular flexibility index (Phi) is 6.04. The number of amides is 1. The lowest BCUT2D eigenvalue weighted by molar-refractivity contribution is -0.385. The fourth-order valence-electron chi connectivity index (χ4n) is 3.18. The first-order valence-electron chi connectivity index (χ1n) is 9.16. The van der Waals surface area contributed by atoms with Crippen molar-refractivity contribution in [3.05, 3.63) is 81.2 Å². The first-order valence-corrected chi connectivity index (χ1v) is 9.16. The van der Waals surface area contributed by atoms with Gasteiger partial charge in [0.1, 0.15) is 5.69 Å². The Morgan fingerprint density at radius 2 is 1.86 bits per heavy atom. The molecule has 0 bridgehead atoms. The fourth-order valence-corrected chi connectivity index (χ4v) is 3.18. The van der Waals surface area contributed by atoms with E-state index < -0.39 is 10.8 Å². The topological polar surface area (TPSA) is 104 Å². The Hall–Kier alpha value is -3.52. The summed E-state index contributed by atoms with van der Waals surface area (Å²) in [4.78, 5) is 25.1. The number of nitrogens with one attached hydrogen (secondary N) is 2. The van der Waals surface area contributed by atoms with Crippen molar-refractivity contribution in [3.8, 4) is 11.1 Å². The average Bonchev–Trinajstić information content (AvgIpc) is 3.08. The lowest BCUT2D eigenvalue weighted by Gasteiger charge is -2.13. The van der Waals surface area contributed by atoms with Crippen LogP contribution in [0.2, 0.25) is 0 Å². The Bertz CT molecular complexity index is 1030. The van der Waals surface area contributed by atoms with E-state index >= 15 is 0 Å². The van der Waals surface area contributed by atoms with Crippen molar-refractivity contribution in [2.45, 2.75) is 20.0 Å². The van der Waals surface area contributed by atoms with Crippen LogP contribution in [-0.2, 0) is 13.1 Å². The summed E-state index contributed by atoms with van der Waals surface area (Å²) in [6.07, 6.45) is 0. The molecule has 0 aliphatic carbocycles. The van der Waals surface area contributed by atoms with Crippen LogP contribution in [-0.4, -0.2) is 40.0 Å². The van der Waals surface area contributed by atoms with Crippen LogP contribution in [0.4, 0.5) is 5.69 Å². The molecular formula is C21H23N5O3.